The van der Waals surface area contributed by atoms with Crippen molar-refractivity contribution in [1.29, 1.82) is 0 Å². The lowest BCUT2D eigenvalue weighted by atomic mass is 10.1. The van der Waals surface area contributed by atoms with Gasteiger partial charge in [0.25, 0.3) is 5.91 Å². The summed E-state index contributed by atoms with van der Waals surface area (Å²) in [7, 11) is 3.09. The Hall–Kier alpha value is -2.05. The number of nitrogens with one attached hydrogen (secondary N) is 2. The fourth-order valence-electron chi connectivity index (χ4n) is 2.08. The van der Waals surface area contributed by atoms with Crippen molar-refractivity contribution in [3.8, 4) is 5.75 Å². The first kappa shape index (κ1) is 15.3. The number of fused-ring (bicyclic) bond motifs is 1. The van der Waals surface area contributed by atoms with Crippen LogP contribution in [0.2, 0.25) is 0 Å². The maximum Gasteiger partial charge on any atom is 0.267 e. The van der Waals surface area contributed by atoms with Crippen LogP contribution in [-0.4, -0.2) is 49.0 Å². The van der Waals surface area contributed by atoms with Gasteiger partial charge in [0.15, 0.2) is 0 Å². The molecule has 6 heteroatoms. The molecule has 1 aromatic heterocycles. The van der Waals surface area contributed by atoms with Crippen molar-refractivity contribution in [2.45, 2.75) is 12.5 Å². The van der Waals surface area contributed by atoms with E-state index in [2.05, 4.69) is 10.3 Å². The summed E-state index contributed by atoms with van der Waals surface area (Å²) in [5.41, 5.74) is 0.161. The summed E-state index contributed by atoms with van der Waals surface area (Å²) < 4.78 is 10.0. The van der Waals surface area contributed by atoms with Crippen molar-refractivity contribution in [1.82, 2.24) is 10.3 Å². The lowest BCUT2D eigenvalue weighted by Gasteiger charge is -2.22. The molecule has 21 heavy (non-hydrogen) atoms. The van der Waals surface area contributed by atoms with E-state index in [0.29, 0.717) is 5.69 Å². The predicted molar refractivity (Wildman–Crippen MR) is 79.7 cm³/mol. The van der Waals surface area contributed by atoms with E-state index in [1.807, 2.05) is 18.2 Å². The van der Waals surface area contributed by atoms with Crippen LogP contribution in [0, 0.1) is 0 Å². The Kier molecular flexibility index (Phi) is 4.50. The van der Waals surface area contributed by atoms with Gasteiger partial charge in [0.1, 0.15) is 17.0 Å². The average molecular weight is 292 g/mol. The molecular weight excluding hydrogens is 272 g/mol. The van der Waals surface area contributed by atoms with Crippen LogP contribution in [0.4, 0.5) is 0 Å². The number of hydrogen-bond donors (Lipinski definition) is 3. The summed E-state index contributed by atoms with van der Waals surface area (Å²) >= 11 is 0. The molecule has 0 spiro atoms. The quantitative estimate of drug-likeness (QED) is 0.749. The van der Waals surface area contributed by atoms with Gasteiger partial charge in [0.05, 0.1) is 13.7 Å². The number of carbonyl (C=O) groups excluding carboxylic acids is 1. The van der Waals surface area contributed by atoms with Crippen LogP contribution >= 0.6 is 0 Å². The van der Waals surface area contributed by atoms with Gasteiger partial charge in [0.2, 0.25) is 0 Å². The van der Waals surface area contributed by atoms with E-state index >= 15 is 0 Å². The zero-order chi connectivity index (χ0) is 15.5. The molecule has 0 fully saturated rings. The Bertz CT molecular complexity index is 634. The Morgan fingerprint density at radius 3 is 2.81 bits per heavy atom. The zero-order valence-electron chi connectivity index (χ0n) is 12.4. The highest BCUT2D eigenvalue weighted by Crippen LogP contribution is 2.21. The summed E-state index contributed by atoms with van der Waals surface area (Å²) in [5, 5.41) is 13.6. The van der Waals surface area contributed by atoms with Crippen LogP contribution in [0.5, 0.6) is 5.75 Å². The van der Waals surface area contributed by atoms with E-state index in [0.717, 1.165) is 16.7 Å². The van der Waals surface area contributed by atoms with Gasteiger partial charge in [-0.1, -0.05) is 0 Å². The van der Waals surface area contributed by atoms with E-state index in [1.54, 1.807) is 20.1 Å². The lowest BCUT2D eigenvalue weighted by Crippen LogP contribution is -2.43. The number of aromatic nitrogens is 1. The topological polar surface area (TPSA) is 83.6 Å². The molecule has 0 saturated heterocycles. The number of methoxy groups -OCH3 is 2. The second kappa shape index (κ2) is 6.15. The highest BCUT2D eigenvalue weighted by atomic mass is 16.5. The third kappa shape index (κ3) is 3.74. The molecule has 0 saturated carbocycles. The first-order chi connectivity index (χ1) is 9.95. The normalized spacial score (nSPS) is 13.9. The van der Waals surface area contributed by atoms with Crippen molar-refractivity contribution >= 4 is 16.8 Å². The molecule has 2 aromatic rings. The summed E-state index contributed by atoms with van der Waals surface area (Å²) in [5.74, 6) is 0.445. The number of hydrogen-bond acceptors (Lipinski definition) is 4. The first-order valence-electron chi connectivity index (χ1n) is 6.61. The van der Waals surface area contributed by atoms with E-state index in [9.17, 15) is 9.90 Å². The molecule has 0 aliphatic heterocycles. The number of aliphatic hydroxyl groups is 1. The van der Waals surface area contributed by atoms with Crippen LogP contribution in [0.1, 0.15) is 17.4 Å². The molecule has 2 rings (SSSR count). The molecule has 0 bridgehead atoms. The molecule has 0 radical (unpaired) electrons. The van der Waals surface area contributed by atoms with Crippen LogP contribution in [-0.2, 0) is 4.74 Å². The number of benzene rings is 1. The van der Waals surface area contributed by atoms with Crippen molar-refractivity contribution in [3.05, 3.63) is 30.0 Å². The fourth-order valence-corrected chi connectivity index (χ4v) is 2.08. The molecular formula is C15H20N2O4. The molecule has 1 amide bonds. The maximum absolute atomic E-state index is 12.1. The molecule has 0 aliphatic rings. The Morgan fingerprint density at radius 1 is 1.38 bits per heavy atom. The minimum Gasteiger partial charge on any atom is -0.497 e. The van der Waals surface area contributed by atoms with E-state index in [-0.39, 0.29) is 19.1 Å². The number of amides is 1. The SMILES string of the molecule is COC[C@](C)(O)CNC(=O)c1cc2ccc(OC)cc2[nH]1. The van der Waals surface area contributed by atoms with Gasteiger partial charge in [-0.2, -0.15) is 0 Å². The summed E-state index contributed by atoms with van der Waals surface area (Å²) in [4.78, 5) is 15.1. The number of aromatic amines is 1. The van der Waals surface area contributed by atoms with E-state index in [1.165, 1.54) is 7.11 Å². The van der Waals surface area contributed by atoms with Gasteiger partial charge in [-0.15, -0.1) is 0 Å². The monoisotopic (exact) mass is 292 g/mol. The molecule has 1 atom stereocenters. The molecule has 114 valence electrons. The third-order valence-corrected chi connectivity index (χ3v) is 3.16. The fraction of sp³-hybridized carbons (Fsp3) is 0.400. The van der Waals surface area contributed by atoms with Crippen LogP contribution < -0.4 is 10.1 Å². The first-order valence-corrected chi connectivity index (χ1v) is 6.61. The molecule has 0 aliphatic carbocycles. The van der Waals surface area contributed by atoms with Gasteiger partial charge >= 0.3 is 0 Å². The highest BCUT2D eigenvalue weighted by molar-refractivity contribution is 5.98. The van der Waals surface area contributed by atoms with Gasteiger partial charge in [-0.05, 0) is 25.1 Å². The standard InChI is InChI=1S/C15H20N2O4/c1-15(19,9-20-2)8-16-14(18)13-6-10-4-5-11(21-3)7-12(10)17-13/h4-7,17,19H,8-9H2,1-3H3,(H,16,18)/t15-/m1/s1. The molecule has 0 unspecified atom stereocenters. The van der Waals surface area contributed by atoms with Crippen LogP contribution in [0.3, 0.4) is 0 Å². The van der Waals surface area contributed by atoms with E-state index in [4.69, 9.17) is 9.47 Å². The van der Waals surface area contributed by atoms with Gasteiger partial charge < -0.3 is 24.9 Å². The summed E-state index contributed by atoms with van der Waals surface area (Å²) in [6.45, 7) is 1.86. The minimum atomic E-state index is -1.10. The lowest BCUT2D eigenvalue weighted by molar-refractivity contribution is -0.0147. The minimum absolute atomic E-state index is 0.109. The molecule has 1 aromatic carbocycles. The Labute approximate surface area is 123 Å². The molecule has 1 heterocycles. The maximum atomic E-state index is 12.1. The third-order valence-electron chi connectivity index (χ3n) is 3.16. The Balaban J connectivity index is 2.09. The summed E-state index contributed by atoms with van der Waals surface area (Å²) in [6.07, 6.45) is 0. The van der Waals surface area contributed by atoms with Gasteiger partial charge in [-0.3, -0.25) is 4.79 Å². The number of ether oxygens (including phenoxy) is 2. The largest absolute Gasteiger partial charge is 0.497 e. The predicted octanol–water partition coefficient (Wildman–Crippen LogP) is 1.30. The zero-order valence-corrected chi connectivity index (χ0v) is 12.4. The molecule has 3 N–H and O–H groups in total. The number of H-pyrrole nitrogens is 1. The smallest absolute Gasteiger partial charge is 0.267 e. The van der Waals surface area contributed by atoms with Crippen LogP contribution in [0.15, 0.2) is 24.3 Å². The van der Waals surface area contributed by atoms with Crippen molar-refractivity contribution in [3.63, 3.8) is 0 Å². The molecule has 6 nitrogen and oxygen atoms in total. The van der Waals surface area contributed by atoms with Gasteiger partial charge in [-0.25, -0.2) is 0 Å². The second-order valence-electron chi connectivity index (χ2n) is 5.25. The highest BCUT2D eigenvalue weighted by Gasteiger charge is 2.21. The average Bonchev–Trinajstić information content (AvgIpc) is 2.87. The van der Waals surface area contributed by atoms with Crippen molar-refractivity contribution in [2.24, 2.45) is 0 Å². The number of carbonyl (C=O) groups is 1. The van der Waals surface area contributed by atoms with Crippen LogP contribution in [0.25, 0.3) is 10.9 Å². The summed E-state index contributed by atoms with van der Waals surface area (Å²) in [6, 6.07) is 7.30. The number of rotatable bonds is 6. The van der Waals surface area contributed by atoms with Crippen molar-refractivity contribution in [2.75, 3.05) is 27.4 Å². The Morgan fingerprint density at radius 2 is 2.14 bits per heavy atom. The second-order valence-corrected chi connectivity index (χ2v) is 5.25. The van der Waals surface area contributed by atoms with Gasteiger partial charge in [0, 0.05) is 30.6 Å². The van der Waals surface area contributed by atoms with Crippen molar-refractivity contribution < 1.29 is 19.4 Å². The van der Waals surface area contributed by atoms with E-state index < -0.39 is 5.60 Å².